The van der Waals surface area contributed by atoms with Crippen LogP contribution < -0.4 is 0 Å². The molecule has 0 spiro atoms. The van der Waals surface area contributed by atoms with Gasteiger partial charge in [0, 0.05) is 32.5 Å². The van der Waals surface area contributed by atoms with Gasteiger partial charge in [-0.2, -0.15) is 0 Å². The molecule has 278 valence electrons. The maximum absolute atomic E-state index is 12.9. The Morgan fingerprint density at radius 3 is 2.23 bits per heavy atom. The number of nitrogens with zero attached hydrogens (tertiary/aromatic N) is 3. The van der Waals surface area contributed by atoms with Crippen LogP contribution in [0.1, 0.15) is 131 Å². The number of esters is 1. The molecule has 0 radical (unpaired) electrons. The number of fused-ring (bicyclic) bond motifs is 5. The average Bonchev–Trinajstić information content (AvgIpc) is 3.37. The number of carbonyl (C=O) groups is 1. The van der Waals surface area contributed by atoms with Crippen LogP contribution in [0.2, 0.25) is 0 Å². The monoisotopic (exact) mass is 672 g/mol. The predicted octanol–water partition coefficient (Wildman–Crippen LogP) is 8.90. The summed E-state index contributed by atoms with van der Waals surface area (Å²) in [6, 6.07) is 0. The summed E-state index contributed by atoms with van der Waals surface area (Å²) in [5.41, 5.74) is 2.44. The summed E-state index contributed by atoms with van der Waals surface area (Å²) in [4.78, 5) is 19.8. The van der Waals surface area contributed by atoms with Crippen molar-refractivity contribution >= 4 is 5.97 Å². The van der Waals surface area contributed by atoms with Crippen LogP contribution in [-0.4, -0.2) is 94.5 Å². The smallest absolute Gasteiger partial charge is 0.306 e. The molecule has 3 saturated carbocycles. The van der Waals surface area contributed by atoms with Gasteiger partial charge in [0.1, 0.15) is 6.10 Å². The lowest BCUT2D eigenvalue weighted by Crippen LogP contribution is -2.51. The Balaban J connectivity index is 1.20. The fraction of sp³-hybridized carbons (Fsp3) is 0.929. The Kier molecular flexibility index (Phi) is 15.4. The lowest BCUT2D eigenvalue weighted by molar-refractivity contribution is -0.152. The summed E-state index contributed by atoms with van der Waals surface area (Å²) in [7, 11) is 8.52. The van der Waals surface area contributed by atoms with Crippen molar-refractivity contribution in [1.82, 2.24) is 14.7 Å². The first-order valence-corrected chi connectivity index (χ1v) is 20.3. The molecule has 0 aliphatic heterocycles. The number of hydrogen-bond donors (Lipinski definition) is 0. The minimum Gasteiger partial charge on any atom is -0.462 e. The topological polar surface area (TPSA) is 45.3 Å². The normalized spacial score (nSPS) is 32.4. The van der Waals surface area contributed by atoms with Gasteiger partial charge in [-0.25, -0.2) is 0 Å². The molecule has 3 fully saturated rings. The highest BCUT2D eigenvalue weighted by Gasteiger charge is 2.59. The van der Waals surface area contributed by atoms with Crippen molar-refractivity contribution in [2.75, 3.05) is 67.7 Å². The lowest BCUT2D eigenvalue weighted by Gasteiger charge is -2.58. The SMILES string of the molecule is CC(C)CCC[C@@H](C)[C@H]1CC[C@H]2[C@@H]3CC=C4C[C@@H](OC(=O)CCCOCN(CCCN(C)C)CCCN(C)C)CC[C@]4(C)[C@H]3CC[C@]12C. The molecule has 0 aromatic carbocycles. The van der Waals surface area contributed by atoms with Crippen LogP contribution >= 0.6 is 0 Å². The Hall–Kier alpha value is -0.950. The first kappa shape index (κ1) is 39.8. The Morgan fingerprint density at radius 2 is 1.56 bits per heavy atom. The zero-order valence-corrected chi connectivity index (χ0v) is 33.0. The van der Waals surface area contributed by atoms with Gasteiger partial charge < -0.3 is 19.3 Å². The molecular weight excluding hydrogens is 594 g/mol. The van der Waals surface area contributed by atoms with Crippen molar-refractivity contribution in [2.24, 2.45) is 46.3 Å². The quantitative estimate of drug-likeness (QED) is 0.0558. The molecule has 48 heavy (non-hydrogen) atoms. The Labute approximate surface area is 297 Å². The average molecular weight is 672 g/mol. The molecule has 0 heterocycles. The van der Waals surface area contributed by atoms with Gasteiger partial charge in [0.25, 0.3) is 0 Å². The van der Waals surface area contributed by atoms with E-state index in [0.29, 0.717) is 30.6 Å². The number of rotatable bonds is 20. The predicted molar refractivity (Wildman–Crippen MR) is 201 cm³/mol. The van der Waals surface area contributed by atoms with Crippen LogP contribution in [0.4, 0.5) is 0 Å². The lowest BCUT2D eigenvalue weighted by atomic mass is 9.47. The van der Waals surface area contributed by atoms with E-state index in [4.69, 9.17) is 9.47 Å². The third kappa shape index (κ3) is 10.5. The summed E-state index contributed by atoms with van der Waals surface area (Å²) < 4.78 is 12.2. The molecule has 4 aliphatic carbocycles. The van der Waals surface area contributed by atoms with E-state index in [-0.39, 0.29) is 12.1 Å². The largest absolute Gasteiger partial charge is 0.462 e. The standard InChI is InChI=1S/C42H77N3O3/c1-32(2)14-10-15-33(3)37-19-20-38-36-18-17-34-30-35(21-23-41(34,4)39(36)22-24-42(37,38)5)48-40(46)16-11-29-47-31-45(27-12-25-43(6)7)28-13-26-44(8)9/h17,32-33,35-39H,10-16,18-31H2,1-9H3/t33-,35+,36+,37-,38+,39+,41+,42-/m1/s1. The first-order valence-electron chi connectivity index (χ1n) is 20.3. The van der Waals surface area contributed by atoms with Crippen molar-refractivity contribution in [1.29, 1.82) is 0 Å². The summed E-state index contributed by atoms with van der Waals surface area (Å²) in [6.45, 7) is 18.1. The molecule has 0 bridgehead atoms. The first-order chi connectivity index (χ1) is 22.8. The minimum absolute atomic E-state index is 0.0387. The fourth-order valence-corrected chi connectivity index (χ4v) is 11.0. The highest BCUT2D eigenvalue weighted by Crippen LogP contribution is 2.67. The molecule has 0 aromatic rings. The molecular formula is C42H77N3O3. The van der Waals surface area contributed by atoms with Crippen molar-refractivity contribution in [2.45, 2.75) is 137 Å². The molecule has 0 unspecified atom stereocenters. The molecule has 8 atom stereocenters. The van der Waals surface area contributed by atoms with Crippen LogP contribution in [-0.2, 0) is 14.3 Å². The van der Waals surface area contributed by atoms with E-state index in [1.807, 2.05) is 0 Å². The van der Waals surface area contributed by atoms with Gasteiger partial charge in [0.05, 0.1) is 6.73 Å². The number of hydrogen-bond acceptors (Lipinski definition) is 6. The third-order valence-electron chi connectivity index (χ3n) is 13.7. The van der Waals surface area contributed by atoms with Crippen molar-refractivity contribution in [3.8, 4) is 0 Å². The second-order valence-electron chi connectivity index (χ2n) is 18.2. The number of carbonyl (C=O) groups excluding carboxylic acids is 1. The van der Waals surface area contributed by atoms with E-state index < -0.39 is 0 Å². The van der Waals surface area contributed by atoms with Crippen LogP contribution in [0.25, 0.3) is 0 Å². The Morgan fingerprint density at radius 1 is 0.854 bits per heavy atom. The summed E-state index contributed by atoms with van der Waals surface area (Å²) in [5, 5.41) is 0. The van der Waals surface area contributed by atoms with Crippen LogP contribution in [0.15, 0.2) is 11.6 Å². The van der Waals surface area contributed by atoms with E-state index in [1.54, 1.807) is 5.57 Å². The van der Waals surface area contributed by atoms with Crippen LogP contribution in [0, 0.1) is 46.3 Å². The van der Waals surface area contributed by atoms with Crippen molar-refractivity contribution in [3.05, 3.63) is 11.6 Å². The molecule has 4 rings (SSSR count). The van der Waals surface area contributed by atoms with Crippen LogP contribution in [0.5, 0.6) is 0 Å². The van der Waals surface area contributed by atoms with Gasteiger partial charge in [-0.1, -0.05) is 65.5 Å². The molecule has 0 amide bonds. The van der Waals surface area contributed by atoms with Gasteiger partial charge in [0.2, 0.25) is 0 Å². The molecule has 6 heteroatoms. The summed E-state index contributed by atoms with van der Waals surface area (Å²) in [6.07, 6.45) is 20.5. The van der Waals surface area contributed by atoms with E-state index in [9.17, 15) is 4.79 Å². The molecule has 0 N–H and O–H groups in total. The second-order valence-corrected chi connectivity index (χ2v) is 18.2. The highest BCUT2D eigenvalue weighted by atomic mass is 16.5. The van der Waals surface area contributed by atoms with Crippen molar-refractivity contribution in [3.63, 3.8) is 0 Å². The zero-order valence-electron chi connectivity index (χ0n) is 33.0. The van der Waals surface area contributed by atoms with E-state index in [1.165, 1.54) is 57.8 Å². The molecule has 0 aromatic heterocycles. The van der Waals surface area contributed by atoms with Crippen molar-refractivity contribution < 1.29 is 14.3 Å². The van der Waals surface area contributed by atoms with E-state index in [0.717, 1.165) is 93.8 Å². The highest BCUT2D eigenvalue weighted by molar-refractivity contribution is 5.69. The summed E-state index contributed by atoms with van der Waals surface area (Å²) >= 11 is 0. The second kappa shape index (κ2) is 18.5. The van der Waals surface area contributed by atoms with Gasteiger partial charge in [0.15, 0.2) is 0 Å². The fourth-order valence-electron chi connectivity index (χ4n) is 11.0. The Bertz CT molecular complexity index is 998. The number of ether oxygens (including phenoxy) is 2. The molecule has 0 saturated heterocycles. The maximum atomic E-state index is 12.9. The number of allylic oxidation sites excluding steroid dienone is 1. The third-order valence-corrected chi connectivity index (χ3v) is 13.7. The van der Waals surface area contributed by atoms with E-state index >= 15 is 0 Å². The van der Waals surface area contributed by atoms with Gasteiger partial charge >= 0.3 is 5.97 Å². The van der Waals surface area contributed by atoms with Gasteiger partial charge in [-0.05, 0) is 152 Å². The van der Waals surface area contributed by atoms with Crippen LogP contribution in [0.3, 0.4) is 0 Å². The minimum atomic E-state index is -0.0387. The van der Waals surface area contributed by atoms with Gasteiger partial charge in [-0.15, -0.1) is 0 Å². The van der Waals surface area contributed by atoms with Gasteiger partial charge in [-0.3, -0.25) is 9.69 Å². The van der Waals surface area contributed by atoms with E-state index in [2.05, 4.69) is 83.6 Å². The molecule has 4 aliphatic rings. The zero-order chi connectivity index (χ0) is 34.9. The summed E-state index contributed by atoms with van der Waals surface area (Å²) in [5.74, 6) is 5.12. The maximum Gasteiger partial charge on any atom is 0.306 e. The molecule has 6 nitrogen and oxygen atoms in total.